The summed E-state index contributed by atoms with van der Waals surface area (Å²) in [6.45, 7) is 1.43. The van der Waals surface area contributed by atoms with Gasteiger partial charge in [0.05, 0.1) is 17.6 Å². The molecule has 1 aliphatic rings. The first-order chi connectivity index (χ1) is 11.2. The molecule has 2 aromatic heterocycles. The van der Waals surface area contributed by atoms with Crippen molar-refractivity contribution in [3.63, 3.8) is 0 Å². The SMILES string of the molecule is O=c1c2cccc(F)c2cnn1-c1ccn(C2CCOCC2)n1. The third kappa shape index (κ3) is 2.43. The van der Waals surface area contributed by atoms with Gasteiger partial charge in [-0.1, -0.05) is 6.07 Å². The first-order valence-corrected chi connectivity index (χ1v) is 7.54. The highest BCUT2D eigenvalue weighted by Crippen LogP contribution is 2.20. The first-order valence-electron chi connectivity index (χ1n) is 7.54. The Labute approximate surface area is 131 Å². The average molecular weight is 314 g/mol. The van der Waals surface area contributed by atoms with E-state index >= 15 is 0 Å². The lowest BCUT2D eigenvalue weighted by Gasteiger charge is -2.22. The Morgan fingerprint density at radius 3 is 2.83 bits per heavy atom. The maximum Gasteiger partial charge on any atom is 0.280 e. The third-order valence-electron chi connectivity index (χ3n) is 4.15. The Morgan fingerprint density at radius 1 is 1.17 bits per heavy atom. The summed E-state index contributed by atoms with van der Waals surface area (Å²) >= 11 is 0. The number of benzene rings is 1. The zero-order valence-electron chi connectivity index (χ0n) is 12.4. The van der Waals surface area contributed by atoms with E-state index < -0.39 is 5.82 Å². The van der Waals surface area contributed by atoms with Crippen LogP contribution in [-0.2, 0) is 4.74 Å². The highest BCUT2D eigenvalue weighted by Gasteiger charge is 2.18. The molecule has 0 atom stereocenters. The Kier molecular flexibility index (Phi) is 3.42. The minimum absolute atomic E-state index is 0.220. The molecular weight excluding hydrogens is 299 g/mol. The number of rotatable bonds is 2. The van der Waals surface area contributed by atoms with E-state index in [1.54, 1.807) is 12.1 Å². The molecule has 1 saturated heterocycles. The van der Waals surface area contributed by atoms with Crippen LogP contribution in [0.25, 0.3) is 16.6 Å². The molecule has 0 saturated carbocycles. The van der Waals surface area contributed by atoms with Crippen LogP contribution in [0.15, 0.2) is 41.5 Å². The van der Waals surface area contributed by atoms with Gasteiger partial charge in [-0.3, -0.25) is 9.48 Å². The van der Waals surface area contributed by atoms with Gasteiger partial charge in [0, 0.05) is 30.9 Å². The summed E-state index contributed by atoms with van der Waals surface area (Å²) in [6.07, 6.45) is 4.99. The lowest BCUT2D eigenvalue weighted by Crippen LogP contribution is -2.23. The standard InChI is InChI=1S/C16H15FN4O2/c17-14-3-1-2-12-13(14)10-18-21(16(12)22)15-4-7-20(19-15)11-5-8-23-9-6-11/h1-4,7,10-11H,5-6,8-9H2. The van der Waals surface area contributed by atoms with Gasteiger partial charge >= 0.3 is 0 Å². The van der Waals surface area contributed by atoms with Crippen LogP contribution in [0.4, 0.5) is 4.39 Å². The zero-order chi connectivity index (χ0) is 15.8. The summed E-state index contributed by atoms with van der Waals surface area (Å²) < 4.78 is 22.1. The fraction of sp³-hybridized carbons (Fsp3) is 0.312. The van der Waals surface area contributed by atoms with Gasteiger partial charge in [0.2, 0.25) is 0 Å². The molecule has 0 spiro atoms. The molecule has 3 heterocycles. The number of hydrogen-bond acceptors (Lipinski definition) is 4. The molecule has 1 aromatic carbocycles. The van der Waals surface area contributed by atoms with Crippen LogP contribution in [0.2, 0.25) is 0 Å². The molecule has 6 nitrogen and oxygen atoms in total. The Morgan fingerprint density at radius 2 is 2.00 bits per heavy atom. The molecule has 118 valence electrons. The van der Waals surface area contributed by atoms with Crippen molar-refractivity contribution in [2.24, 2.45) is 0 Å². The van der Waals surface area contributed by atoms with E-state index in [9.17, 15) is 9.18 Å². The first kappa shape index (κ1) is 14.1. The fourth-order valence-electron chi connectivity index (χ4n) is 2.89. The Hall–Kier alpha value is -2.54. The maximum atomic E-state index is 13.7. The van der Waals surface area contributed by atoms with E-state index in [1.807, 2.05) is 10.9 Å². The number of fused-ring (bicyclic) bond motifs is 1. The van der Waals surface area contributed by atoms with Crippen LogP contribution in [0.1, 0.15) is 18.9 Å². The normalized spacial score (nSPS) is 16.0. The van der Waals surface area contributed by atoms with E-state index in [4.69, 9.17) is 4.74 Å². The van der Waals surface area contributed by atoms with Crippen molar-refractivity contribution < 1.29 is 9.13 Å². The smallest absolute Gasteiger partial charge is 0.280 e. The number of aromatic nitrogens is 4. The van der Waals surface area contributed by atoms with E-state index in [2.05, 4.69) is 10.2 Å². The summed E-state index contributed by atoms with van der Waals surface area (Å²) in [5, 5.41) is 9.03. The zero-order valence-corrected chi connectivity index (χ0v) is 12.4. The minimum atomic E-state index is -0.452. The number of hydrogen-bond donors (Lipinski definition) is 0. The topological polar surface area (TPSA) is 61.9 Å². The van der Waals surface area contributed by atoms with E-state index in [-0.39, 0.29) is 17.0 Å². The largest absolute Gasteiger partial charge is 0.381 e. The van der Waals surface area contributed by atoms with E-state index in [1.165, 1.54) is 23.0 Å². The van der Waals surface area contributed by atoms with Crippen LogP contribution >= 0.6 is 0 Å². The molecule has 0 aliphatic carbocycles. The van der Waals surface area contributed by atoms with Gasteiger partial charge in [-0.25, -0.2) is 4.39 Å². The van der Waals surface area contributed by atoms with Crippen molar-refractivity contribution >= 4 is 10.8 Å². The second-order valence-corrected chi connectivity index (χ2v) is 5.56. The maximum absolute atomic E-state index is 13.7. The Bertz CT molecular complexity index is 912. The second-order valence-electron chi connectivity index (χ2n) is 5.56. The van der Waals surface area contributed by atoms with Gasteiger partial charge < -0.3 is 4.74 Å². The molecule has 7 heteroatoms. The lowest BCUT2D eigenvalue weighted by atomic mass is 10.1. The summed E-state index contributed by atoms with van der Waals surface area (Å²) in [6, 6.07) is 6.44. The molecule has 0 unspecified atom stereocenters. The van der Waals surface area contributed by atoms with Crippen molar-refractivity contribution in [2.45, 2.75) is 18.9 Å². The van der Waals surface area contributed by atoms with Gasteiger partial charge in [-0.2, -0.15) is 14.9 Å². The molecule has 1 aliphatic heterocycles. The van der Waals surface area contributed by atoms with Crippen molar-refractivity contribution in [3.05, 3.63) is 52.8 Å². The quantitative estimate of drug-likeness (QED) is 0.726. The number of halogens is 1. The second kappa shape index (κ2) is 5.58. The van der Waals surface area contributed by atoms with Crippen LogP contribution in [0, 0.1) is 5.82 Å². The fourth-order valence-corrected chi connectivity index (χ4v) is 2.89. The molecular formula is C16H15FN4O2. The monoisotopic (exact) mass is 314 g/mol. The molecule has 4 rings (SSSR count). The predicted molar refractivity (Wildman–Crippen MR) is 82.2 cm³/mol. The number of ether oxygens (including phenoxy) is 1. The van der Waals surface area contributed by atoms with Gasteiger partial charge in [-0.05, 0) is 25.0 Å². The molecule has 0 radical (unpaired) electrons. The molecule has 1 fully saturated rings. The predicted octanol–water partition coefficient (Wildman–Crippen LogP) is 2.07. The van der Waals surface area contributed by atoms with E-state index in [0.29, 0.717) is 24.4 Å². The molecule has 23 heavy (non-hydrogen) atoms. The highest BCUT2D eigenvalue weighted by molar-refractivity contribution is 5.81. The van der Waals surface area contributed by atoms with Gasteiger partial charge in [-0.15, -0.1) is 0 Å². The van der Waals surface area contributed by atoms with Crippen LogP contribution in [0.3, 0.4) is 0 Å². The Balaban J connectivity index is 1.76. The molecule has 0 amide bonds. The van der Waals surface area contributed by atoms with Crippen molar-refractivity contribution in [3.8, 4) is 5.82 Å². The molecule has 0 N–H and O–H groups in total. The van der Waals surface area contributed by atoms with Gasteiger partial charge in [0.1, 0.15) is 5.82 Å². The molecule has 0 bridgehead atoms. The van der Waals surface area contributed by atoms with E-state index in [0.717, 1.165) is 12.8 Å². The molecule has 3 aromatic rings. The van der Waals surface area contributed by atoms with Crippen LogP contribution in [0.5, 0.6) is 0 Å². The highest BCUT2D eigenvalue weighted by atomic mass is 19.1. The lowest BCUT2D eigenvalue weighted by molar-refractivity contribution is 0.0662. The van der Waals surface area contributed by atoms with Crippen LogP contribution in [-0.4, -0.2) is 32.8 Å². The van der Waals surface area contributed by atoms with Gasteiger partial charge in [0.25, 0.3) is 5.56 Å². The summed E-state index contributed by atoms with van der Waals surface area (Å²) in [5.74, 6) is -0.0142. The van der Waals surface area contributed by atoms with Crippen molar-refractivity contribution in [2.75, 3.05) is 13.2 Å². The summed E-state index contributed by atoms with van der Waals surface area (Å²) in [5.41, 5.74) is -0.376. The number of nitrogens with zero attached hydrogens (tertiary/aromatic N) is 4. The van der Waals surface area contributed by atoms with Crippen molar-refractivity contribution in [1.29, 1.82) is 0 Å². The summed E-state index contributed by atoms with van der Waals surface area (Å²) in [4.78, 5) is 12.5. The third-order valence-corrected chi connectivity index (χ3v) is 4.15. The van der Waals surface area contributed by atoms with Gasteiger partial charge in [0.15, 0.2) is 5.82 Å². The van der Waals surface area contributed by atoms with Crippen LogP contribution < -0.4 is 5.56 Å². The average Bonchev–Trinajstić information content (AvgIpc) is 3.07. The summed E-state index contributed by atoms with van der Waals surface area (Å²) in [7, 11) is 0. The minimum Gasteiger partial charge on any atom is -0.381 e. The van der Waals surface area contributed by atoms with Crippen molar-refractivity contribution in [1.82, 2.24) is 19.6 Å².